The summed E-state index contributed by atoms with van der Waals surface area (Å²) in [5, 5.41) is 166. The first kappa shape index (κ1) is 101. The van der Waals surface area contributed by atoms with Crippen LogP contribution in [0.1, 0.15) is 214 Å². The molecule has 39 heteroatoms. The van der Waals surface area contributed by atoms with Gasteiger partial charge in [-0.15, -0.1) is 0 Å². The lowest BCUT2D eigenvalue weighted by atomic mass is 9.84. The Hall–Kier alpha value is -9.04. The zero-order valence-corrected chi connectivity index (χ0v) is 74.6. The molecule has 0 aliphatic carbocycles. The summed E-state index contributed by atoms with van der Waals surface area (Å²) in [4.78, 5) is 119. The monoisotopic (exact) mass is 1860 g/mol. The van der Waals surface area contributed by atoms with E-state index in [4.69, 9.17) is 71.6 Å². The number of fused-ring (bicyclic) bond motifs is 15. The number of ether oxygens (including phenoxy) is 9. The molecule has 8 heterocycles. The van der Waals surface area contributed by atoms with E-state index >= 15 is 24.0 Å². The number of Topliss-reactive ketones (excluding diaryl/α,β-unsaturated/α-hetero) is 2. The van der Waals surface area contributed by atoms with Crippen LogP contribution in [0.5, 0.6) is 46.0 Å². The van der Waals surface area contributed by atoms with E-state index in [0.29, 0.717) is 13.0 Å². The van der Waals surface area contributed by atoms with E-state index in [-0.39, 0.29) is 77.2 Å². The lowest BCUT2D eigenvalue weighted by Gasteiger charge is -2.48. The molecule has 37 nitrogen and oxygen atoms in total. The van der Waals surface area contributed by atoms with Gasteiger partial charge in [-0.2, -0.15) is 0 Å². The van der Waals surface area contributed by atoms with Crippen LogP contribution in [0.3, 0.4) is 0 Å². The van der Waals surface area contributed by atoms with Gasteiger partial charge in [0, 0.05) is 66.9 Å². The summed E-state index contributed by atoms with van der Waals surface area (Å²) in [6, 6.07) is 7.24. The van der Waals surface area contributed by atoms with Gasteiger partial charge in [-0.25, -0.2) is 0 Å². The number of phenols is 3. The Balaban J connectivity index is 1.06. The van der Waals surface area contributed by atoms with E-state index in [1.54, 1.807) is 20.8 Å². The third-order valence-electron chi connectivity index (χ3n) is 24.8. The van der Waals surface area contributed by atoms with E-state index in [9.17, 15) is 80.8 Å². The Morgan fingerprint density at radius 1 is 0.654 bits per heavy atom. The fourth-order valence-corrected chi connectivity index (χ4v) is 17.8. The van der Waals surface area contributed by atoms with E-state index in [1.165, 1.54) is 68.9 Å². The van der Waals surface area contributed by atoms with E-state index in [0.717, 1.165) is 74.6 Å². The number of aliphatic hydroxyl groups excluding tert-OH is 10. The molecule has 3 fully saturated rings. The highest BCUT2D eigenvalue weighted by atomic mass is 35.5. The number of amides is 5. The van der Waals surface area contributed by atoms with E-state index in [2.05, 4.69) is 38.8 Å². The first-order valence-corrected chi connectivity index (χ1v) is 45.0. The molecule has 714 valence electrons. The predicted octanol–water partition coefficient (Wildman–Crippen LogP) is 5.41. The number of nitrogens with two attached hydrogens (primary N) is 1. The number of rotatable bonds is 34. The number of hydrogen-bond donors (Lipinski definition) is 20. The van der Waals surface area contributed by atoms with Crippen molar-refractivity contribution in [3.63, 3.8) is 0 Å². The minimum Gasteiger partial charge on any atom is -0.507 e. The maximum atomic E-state index is 16.6. The van der Waals surface area contributed by atoms with Crippen LogP contribution in [0.15, 0.2) is 72.8 Å². The SMILES string of the molecule is CCCCCCCCCCCCCNC1(C)C[C@H](O[C@@H]2C(O)C(O)[C@@H](CO)O[C@H]2Oc2c3cc4cc2Oc2ccc(cc2Cl)[C@@H](O)[C@@H](NC(=O)[C@H](CC)CC(C)C)C(=O)C[C@@H](CC(N)=O)C(=O)N[C@H]4C(=O)C[C@H]2C(=O)N[C@H](C(=O)N[C@H](OC=O)c4cc(O)c(CNCCO[C@@H]5OC(CO)[C@H](O)[C@H](O)C5O)c(O)c4-c4cc2ccc4O)[C@H](O)c2ccc(c(Cl)c2)O3)O[C@@H](C)[C@H]1O. The molecule has 5 unspecified atom stereocenters. The van der Waals surface area contributed by atoms with Crippen LogP contribution in [0.25, 0.3) is 11.1 Å². The zero-order chi connectivity index (χ0) is 94.3. The van der Waals surface area contributed by atoms with Crippen molar-refractivity contribution in [2.24, 2.45) is 23.5 Å². The summed E-state index contributed by atoms with van der Waals surface area (Å²) in [5.74, 6) is -17.5. The summed E-state index contributed by atoms with van der Waals surface area (Å²) in [5.41, 5.74) is 1.99. The number of hydrogen-bond acceptors (Lipinski definition) is 32. The van der Waals surface area contributed by atoms with Gasteiger partial charge in [0.25, 0.3) is 6.47 Å². The summed E-state index contributed by atoms with van der Waals surface area (Å²) < 4.78 is 56.4. The second-order valence-corrected chi connectivity index (χ2v) is 35.6. The average Bonchev–Trinajstić information content (AvgIpc) is 0.892. The summed E-state index contributed by atoms with van der Waals surface area (Å²) in [7, 11) is 0. The summed E-state index contributed by atoms with van der Waals surface area (Å²) in [6.07, 6.45) is -17.8. The number of nitrogens with one attached hydrogen (secondary N) is 6. The minimum absolute atomic E-state index is 0.0386. The van der Waals surface area contributed by atoms with Crippen molar-refractivity contribution in [1.29, 1.82) is 0 Å². The van der Waals surface area contributed by atoms with Crippen molar-refractivity contribution in [3.05, 3.63) is 116 Å². The van der Waals surface area contributed by atoms with Crippen molar-refractivity contribution in [1.82, 2.24) is 31.9 Å². The molecular formula is C91H121Cl2N7O30. The number of carbonyl (C=O) groups is 8. The second kappa shape index (κ2) is 46.1. The maximum Gasteiger partial charge on any atom is 0.295 e. The van der Waals surface area contributed by atoms with Gasteiger partial charge >= 0.3 is 0 Å². The third kappa shape index (κ3) is 24.3. The predicted molar refractivity (Wildman–Crippen MR) is 464 cm³/mol. The Kier molecular flexibility index (Phi) is 36.0. The van der Waals surface area contributed by atoms with Gasteiger partial charge in [-0.05, 0) is 122 Å². The highest BCUT2D eigenvalue weighted by Gasteiger charge is 2.53. The van der Waals surface area contributed by atoms with Gasteiger partial charge in [-0.1, -0.05) is 133 Å². The summed E-state index contributed by atoms with van der Waals surface area (Å²) >= 11 is 14.5. The Bertz CT molecular complexity index is 4780. The lowest BCUT2D eigenvalue weighted by Crippen LogP contribution is -2.65. The van der Waals surface area contributed by atoms with Crippen LogP contribution in [-0.2, 0) is 73.3 Å². The second-order valence-electron chi connectivity index (χ2n) is 34.8. The molecule has 8 aliphatic rings. The smallest absolute Gasteiger partial charge is 0.295 e. The number of carbonyl (C=O) groups excluding carboxylic acids is 8. The number of benzene rings is 5. The number of ketones is 2. The number of aliphatic hydroxyl groups is 10. The van der Waals surface area contributed by atoms with Crippen LogP contribution in [0, 0.1) is 17.8 Å². The number of primary amides is 1. The van der Waals surface area contributed by atoms with Crippen LogP contribution >= 0.6 is 23.2 Å². The molecule has 23 atom stereocenters. The van der Waals surface area contributed by atoms with E-state index < -0.39 is 282 Å². The van der Waals surface area contributed by atoms with Crippen molar-refractivity contribution in [2.75, 3.05) is 32.9 Å². The molecule has 0 radical (unpaired) electrons. The molecule has 5 aromatic carbocycles. The molecule has 0 aromatic heterocycles. The third-order valence-corrected chi connectivity index (χ3v) is 25.4. The van der Waals surface area contributed by atoms with Crippen LogP contribution in [0.2, 0.25) is 10.0 Å². The normalized spacial score (nSPS) is 29.2. The van der Waals surface area contributed by atoms with Gasteiger partial charge in [0.1, 0.15) is 102 Å². The highest BCUT2D eigenvalue weighted by Crippen LogP contribution is 2.52. The van der Waals surface area contributed by atoms with Gasteiger partial charge in [-0.3, -0.25) is 38.4 Å². The van der Waals surface area contributed by atoms with Crippen LogP contribution < -0.4 is 51.8 Å². The standard InChI is InChI=1S/C91H121Cl2N7O30/c1-7-9-10-11-12-13-14-15-16-17-18-25-96-91(6)38-68(124-44(5)83(91)117)129-82-79(115)77(113)66(41-102)128-90(82)130-81-63-33-49-34-64(81)126-62-24-21-48(31-56(62)93)74(110)72-87(121)100-88(123-42-103)53-37-58(105)54(39-95-26-27-122-89-80(116)78(114)76(112)65(40-101)127-89)75(111)69(53)52-29-46(19-22-57(52)104)51(86(120)99-72)36-60(107)70(49)97-85(119)50(35-67(94)108)32-59(106)71(98-84(118)45(8-2)28-43(3)4)73(109)47-20-23-61(125-63)55(92)30-47/h19-24,29-31,33-34,37,42-45,50-51,65-66,68,70-74,76-80,82-83,88-90,95-96,101-102,104-105,109-117H,7-18,25-28,32,35-36,38-41H2,1-6H3,(H2,94,108)(H,97,119)(H,98,118)(H,99,120)(H,100,121)/t44-,45+,50-,51+,65?,66+,68-,70+,71-,72-,73+,74+,76-,77?,78-,79?,80?,82+,83+,88+,89+,90-,91?/m0/s1. The van der Waals surface area contributed by atoms with Crippen molar-refractivity contribution < 1.29 is 147 Å². The van der Waals surface area contributed by atoms with Crippen molar-refractivity contribution >= 4 is 70.8 Å². The molecule has 5 amide bonds. The summed E-state index contributed by atoms with van der Waals surface area (Å²) in [6.45, 7) is 8.70. The molecular weight excluding hydrogens is 1740 g/mol. The van der Waals surface area contributed by atoms with Crippen LogP contribution in [-0.4, -0.2) is 244 Å². The maximum absolute atomic E-state index is 16.6. The lowest BCUT2D eigenvalue weighted by molar-refractivity contribution is -0.334. The number of phenolic OH excluding ortho intramolecular Hbond substituents is 3. The fourth-order valence-electron chi connectivity index (χ4n) is 17.4. The highest BCUT2D eigenvalue weighted by molar-refractivity contribution is 6.32. The number of halogens is 2. The Labute approximate surface area is 761 Å². The molecule has 130 heavy (non-hydrogen) atoms. The average molecular weight is 1860 g/mol. The molecule has 8 aliphatic heterocycles. The quantitative estimate of drug-likeness (QED) is 0.0181. The number of unbranched alkanes of at least 4 members (excludes halogenated alkanes) is 10. The molecule has 21 N–H and O–H groups in total. The van der Waals surface area contributed by atoms with Gasteiger partial charge < -0.3 is 147 Å². The molecule has 0 saturated carbocycles. The van der Waals surface area contributed by atoms with Gasteiger partial charge in [0.15, 0.2) is 41.7 Å². The molecule has 3 saturated heterocycles. The molecule has 0 spiro atoms. The topological polar surface area (TPSA) is 581 Å². The molecule has 13 rings (SSSR count). The Morgan fingerprint density at radius 2 is 1.26 bits per heavy atom. The number of aromatic hydroxyl groups is 3. The largest absolute Gasteiger partial charge is 0.507 e. The Morgan fingerprint density at radius 3 is 1.86 bits per heavy atom. The zero-order valence-electron chi connectivity index (χ0n) is 73.1. The molecule has 5 aromatic rings. The minimum atomic E-state index is -2.26. The van der Waals surface area contributed by atoms with Crippen LogP contribution in [0.4, 0.5) is 0 Å². The first-order chi connectivity index (χ1) is 62.0. The van der Waals surface area contributed by atoms with Gasteiger partial charge in [0.2, 0.25) is 47.8 Å². The van der Waals surface area contributed by atoms with Gasteiger partial charge in [0.05, 0.1) is 59.5 Å². The van der Waals surface area contributed by atoms with Crippen molar-refractivity contribution in [2.45, 2.75) is 285 Å². The molecule has 11 bridgehead atoms. The van der Waals surface area contributed by atoms with E-state index in [1.807, 2.05) is 13.8 Å². The van der Waals surface area contributed by atoms with Crippen molar-refractivity contribution in [3.8, 4) is 57.1 Å². The fraction of sp³-hybridized carbons (Fsp3) is 0.582. The first-order valence-electron chi connectivity index (χ1n) is 44.2.